The molecule has 5 atom stereocenters. The number of nitrogens with two attached hydrogens (primary N) is 1. The van der Waals surface area contributed by atoms with Crippen molar-refractivity contribution >= 4 is 5.78 Å². The van der Waals surface area contributed by atoms with Gasteiger partial charge in [0, 0.05) is 30.2 Å². The van der Waals surface area contributed by atoms with Crippen molar-refractivity contribution in [2.45, 2.75) is 100 Å². The summed E-state index contributed by atoms with van der Waals surface area (Å²) in [5, 5.41) is 48.1. The molecule has 7 N–H and O–H groups in total. The monoisotopic (exact) mass is 696 g/mol. The Morgan fingerprint density at radius 3 is 2.47 bits per heavy atom. The van der Waals surface area contributed by atoms with Gasteiger partial charge in [-0.15, -0.1) is 0 Å². The predicted molar refractivity (Wildman–Crippen MR) is 195 cm³/mol. The van der Waals surface area contributed by atoms with Gasteiger partial charge >= 0.3 is 0 Å². The first-order valence-corrected chi connectivity index (χ1v) is 18.8. The molecule has 1 heterocycles. The van der Waals surface area contributed by atoms with E-state index in [0.717, 1.165) is 74.7 Å². The van der Waals surface area contributed by atoms with Crippen LogP contribution in [0.15, 0.2) is 66.7 Å². The Hall–Kier alpha value is -4.05. The van der Waals surface area contributed by atoms with Gasteiger partial charge in [0.05, 0.1) is 6.10 Å². The molecule has 3 aromatic carbocycles. The van der Waals surface area contributed by atoms with Gasteiger partial charge in [-0.05, 0) is 104 Å². The zero-order chi connectivity index (χ0) is 35.5. The molecule has 0 aromatic heterocycles. The van der Waals surface area contributed by atoms with Crippen LogP contribution < -0.4 is 20.5 Å². The van der Waals surface area contributed by atoms with Crippen LogP contribution in [0.2, 0.25) is 0 Å². The van der Waals surface area contributed by atoms with Gasteiger partial charge in [-0.25, -0.2) is 0 Å². The second kappa shape index (κ2) is 15.3. The van der Waals surface area contributed by atoms with E-state index in [2.05, 4.69) is 47.8 Å². The number of aromatic hydroxyl groups is 3. The molecule has 1 saturated heterocycles. The summed E-state index contributed by atoms with van der Waals surface area (Å²) in [5.74, 6) is -0.419. The average molecular weight is 697 g/mol. The fourth-order valence-electron chi connectivity index (χ4n) is 9.75. The summed E-state index contributed by atoms with van der Waals surface area (Å²) >= 11 is 0. The molecule has 5 aliphatic rings. The molecule has 8 rings (SSSR count). The Morgan fingerprint density at radius 1 is 0.961 bits per heavy atom. The van der Waals surface area contributed by atoms with Crippen molar-refractivity contribution < 1.29 is 34.7 Å². The fraction of sp³-hybridized carbons (Fsp3) is 0.500. The summed E-state index contributed by atoms with van der Waals surface area (Å²) in [6, 6.07) is 17.5. The summed E-state index contributed by atoms with van der Waals surface area (Å²) < 4.78 is 11.9. The van der Waals surface area contributed by atoms with Gasteiger partial charge in [-0.1, -0.05) is 67.8 Å². The van der Waals surface area contributed by atoms with E-state index >= 15 is 0 Å². The van der Waals surface area contributed by atoms with Gasteiger partial charge < -0.3 is 35.2 Å². The number of fused-ring (bicyclic) bond motifs is 2. The highest BCUT2D eigenvalue weighted by Gasteiger charge is 2.53. The molecule has 0 amide bonds. The zero-order valence-electron chi connectivity index (χ0n) is 29.3. The summed E-state index contributed by atoms with van der Waals surface area (Å²) in [7, 11) is 0. The summed E-state index contributed by atoms with van der Waals surface area (Å²) in [6.07, 6.45) is 11.8. The van der Waals surface area contributed by atoms with Gasteiger partial charge in [0.15, 0.2) is 23.0 Å². The van der Waals surface area contributed by atoms with Crippen molar-refractivity contribution in [1.29, 1.82) is 0 Å². The van der Waals surface area contributed by atoms with Crippen LogP contribution in [0.4, 0.5) is 0 Å². The topological polar surface area (TPSA) is 154 Å². The summed E-state index contributed by atoms with van der Waals surface area (Å²) in [6.45, 7) is 1.59. The number of rotatable bonds is 12. The van der Waals surface area contributed by atoms with E-state index in [1.54, 1.807) is 18.2 Å². The van der Waals surface area contributed by atoms with Gasteiger partial charge in [0.1, 0.15) is 18.6 Å². The number of aryl methyl sites for hydroxylation is 1. The Kier molecular flexibility index (Phi) is 10.6. The molecular weight excluding hydrogens is 644 g/mol. The van der Waals surface area contributed by atoms with Crippen LogP contribution in [0.1, 0.15) is 98.3 Å². The van der Waals surface area contributed by atoms with Crippen molar-refractivity contribution in [2.24, 2.45) is 17.6 Å². The number of ether oxygens (including phenoxy) is 2. The third-order valence-electron chi connectivity index (χ3n) is 12.2. The molecule has 272 valence electrons. The van der Waals surface area contributed by atoms with Crippen LogP contribution in [0.5, 0.6) is 28.7 Å². The Bertz CT molecular complexity index is 1710. The Labute approximate surface area is 300 Å². The molecule has 2 fully saturated rings. The van der Waals surface area contributed by atoms with Crippen molar-refractivity contribution in [2.75, 3.05) is 19.8 Å². The molecule has 2 bridgehead atoms. The highest BCUT2D eigenvalue weighted by atomic mass is 16.5. The molecule has 9 nitrogen and oxygen atoms in total. The number of Topliss-reactive ketones (excluding diaryl/α,β-unsaturated/α-hetero) is 1. The van der Waals surface area contributed by atoms with Crippen molar-refractivity contribution in [3.8, 4) is 28.7 Å². The lowest BCUT2D eigenvalue weighted by Gasteiger charge is -2.52. The van der Waals surface area contributed by atoms with E-state index < -0.39 is 6.10 Å². The van der Waals surface area contributed by atoms with Crippen LogP contribution in [0, 0.1) is 11.8 Å². The number of carbonyl (C=O) groups is 1. The number of ketones is 1. The predicted octanol–water partition coefficient (Wildman–Crippen LogP) is 6.46. The number of aliphatic hydroxyl groups is 1. The third kappa shape index (κ3) is 7.08. The minimum absolute atomic E-state index is 0.00861. The zero-order valence-corrected chi connectivity index (χ0v) is 29.3. The quantitative estimate of drug-likeness (QED) is 0.0712. The Balaban J connectivity index is 1.24. The maximum Gasteiger partial charge on any atom is 0.200 e. The number of piperidine rings is 1. The van der Waals surface area contributed by atoms with E-state index in [0.29, 0.717) is 12.2 Å². The number of hydrogen-bond acceptors (Lipinski definition) is 9. The average Bonchev–Trinajstić information content (AvgIpc) is 3.44. The first-order chi connectivity index (χ1) is 24.8. The van der Waals surface area contributed by atoms with Crippen LogP contribution in [0.3, 0.4) is 0 Å². The molecular formula is C42H52N2O7. The molecule has 0 radical (unpaired) electrons. The first-order valence-electron chi connectivity index (χ1n) is 18.8. The normalized spacial score (nSPS) is 24.7. The second-order valence-electron chi connectivity index (χ2n) is 15.1. The molecule has 51 heavy (non-hydrogen) atoms. The molecule has 0 unspecified atom stereocenters. The van der Waals surface area contributed by atoms with Crippen LogP contribution in [0.25, 0.3) is 0 Å². The molecule has 1 saturated carbocycles. The molecule has 9 heteroatoms. The number of benzene rings is 3. The van der Waals surface area contributed by atoms with E-state index in [-0.39, 0.29) is 83.5 Å². The number of carbonyl (C=O) groups excluding carboxylic acids is 1. The highest BCUT2D eigenvalue weighted by molar-refractivity contribution is 5.79. The van der Waals surface area contributed by atoms with Crippen LogP contribution in [-0.2, 0) is 16.6 Å². The smallest absolute Gasteiger partial charge is 0.200 e. The lowest BCUT2D eigenvalue weighted by atomic mass is 9.52. The second-order valence-corrected chi connectivity index (χ2v) is 15.1. The van der Waals surface area contributed by atoms with Crippen LogP contribution in [-0.4, -0.2) is 58.2 Å². The summed E-state index contributed by atoms with van der Waals surface area (Å²) in [5.41, 5.74) is 9.33. The third-order valence-corrected chi connectivity index (χ3v) is 12.2. The van der Waals surface area contributed by atoms with Crippen molar-refractivity contribution in [3.05, 3.63) is 89.0 Å². The molecule has 3 aromatic rings. The van der Waals surface area contributed by atoms with Gasteiger partial charge in [0.2, 0.25) is 5.75 Å². The lowest BCUT2D eigenvalue weighted by Crippen LogP contribution is -2.46. The SMILES string of the molecule is NCOc1cc(CCC(=O)C[C@H](O)[C@@H]2C=C[C@H]3C[C@H](C4(c5ccccc5)CCCCC4)[C@@H]2c2cc(O)c(O)c(OC4CCNCC4)c23)ccc1O. The van der Waals surface area contributed by atoms with E-state index in [4.69, 9.17) is 15.2 Å². The standard InChI is InChI=1S/C42H52N2O7/c43-25-50-37-21-26(10-14-34(37)46)9-12-29(45)23-35(47)31-13-11-27-22-33(42(17-5-2-6-18-42)28-7-3-1-4-8-28)39(31)32-24-36(48)40(49)41(38(27)32)51-30-15-19-44-20-16-30/h1,3-4,7-8,10-11,13-14,21,24,27,30-31,33,35,39,44,46-49H,2,5-6,9,12,15-20,22-23,25,43H2/t27-,31-,33-,35-,39-/m0/s1. The van der Waals surface area contributed by atoms with Crippen molar-refractivity contribution in [1.82, 2.24) is 5.32 Å². The van der Waals surface area contributed by atoms with E-state index in [1.165, 1.54) is 18.1 Å². The number of aliphatic hydroxyl groups excluding tert-OH is 1. The van der Waals surface area contributed by atoms with Gasteiger partial charge in [-0.3, -0.25) is 10.5 Å². The van der Waals surface area contributed by atoms with Crippen LogP contribution >= 0.6 is 0 Å². The first kappa shape index (κ1) is 35.4. The van der Waals surface area contributed by atoms with Gasteiger partial charge in [0.25, 0.3) is 0 Å². The summed E-state index contributed by atoms with van der Waals surface area (Å²) in [4.78, 5) is 13.5. The van der Waals surface area contributed by atoms with E-state index in [1.807, 2.05) is 0 Å². The minimum Gasteiger partial charge on any atom is -0.504 e. The molecule has 4 aliphatic carbocycles. The number of phenolic OH excluding ortho intramolecular Hbond substituents is 3. The maximum atomic E-state index is 13.5. The number of phenols is 3. The minimum atomic E-state index is -0.956. The number of hydrogen-bond donors (Lipinski definition) is 6. The molecule has 1 aliphatic heterocycles. The molecule has 0 spiro atoms. The lowest BCUT2D eigenvalue weighted by molar-refractivity contribution is -0.121. The van der Waals surface area contributed by atoms with Crippen molar-refractivity contribution in [3.63, 3.8) is 0 Å². The Morgan fingerprint density at radius 2 is 1.73 bits per heavy atom. The van der Waals surface area contributed by atoms with E-state index in [9.17, 15) is 25.2 Å². The number of allylic oxidation sites excluding steroid dienone is 1. The highest BCUT2D eigenvalue weighted by Crippen LogP contribution is 2.63. The largest absolute Gasteiger partial charge is 0.504 e. The fourth-order valence-corrected chi connectivity index (χ4v) is 9.75. The number of nitrogens with one attached hydrogen (secondary N) is 1. The van der Waals surface area contributed by atoms with Gasteiger partial charge in [-0.2, -0.15) is 0 Å². The maximum absolute atomic E-state index is 13.5.